The van der Waals surface area contributed by atoms with Gasteiger partial charge in [0.1, 0.15) is 0 Å². The summed E-state index contributed by atoms with van der Waals surface area (Å²) in [4.78, 5) is 22.1. The summed E-state index contributed by atoms with van der Waals surface area (Å²) in [5.74, 6) is -0.533. The molecule has 0 atom stereocenters. The van der Waals surface area contributed by atoms with E-state index in [4.69, 9.17) is 0 Å². The molecule has 7 nitrogen and oxygen atoms in total. The lowest BCUT2D eigenvalue weighted by Gasteiger charge is -2.11. The van der Waals surface area contributed by atoms with Crippen molar-refractivity contribution >= 4 is 21.9 Å². The summed E-state index contributed by atoms with van der Waals surface area (Å²) in [5, 5.41) is 5.07. The summed E-state index contributed by atoms with van der Waals surface area (Å²) in [5.41, 5.74) is 5.47. The van der Waals surface area contributed by atoms with E-state index in [1.54, 1.807) is 24.1 Å². The number of hydrogen-bond donors (Lipinski definition) is 0. The number of hydrogen-bond acceptors (Lipinski definition) is 4. The first-order valence-corrected chi connectivity index (χ1v) is 10.6. The number of pyridine rings is 2. The monoisotopic (exact) mass is 430 g/mol. The maximum absolute atomic E-state index is 15.0. The lowest BCUT2D eigenvalue weighted by molar-refractivity contribution is 0.605. The zero-order valence-corrected chi connectivity index (χ0v) is 18.4. The van der Waals surface area contributed by atoms with Gasteiger partial charge in [-0.3, -0.25) is 14.2 Å². The molecule has 0 saturated heterocycles. The molecule has 0 aliphatic heterocycles. The van der Waals surface area contributed by atoms with Gasteiger partial charge in [-0.2, -0.15) is 5.10 Å². The van der Waals surface area contributed by atoms with Crippen LogP contribution in [0.3, 0.4) is 0 Å². The summed E-state index contributed by atoms with van der Waals surface area (Å²) < 4.78 is 19.6. The minimum Gasteiger partial charge on any atom is -0.293 e. The highest BCUT2D eigenvalue weighted by atomic mass is 19.1. The van der Waals surface area contributed by atoms with Crippen LogP contribution in [0.25, 0.3) is 38.9 Å². The highest BCUT2D eigenvalue weighted by molar-refractivity contribution is 6.05. The molecule has 0 spiro atoms. The fourth-order valence-corrected chi connectivity index (χ4v) is 4.23. The van der Waals surface area contributed by atoms with Gasteiger partial charge in [-0.15, -0.1) is 0 Å². The lowest BCUT2D eigenvalue weighted by atomic mass is 9.97. The van der Waals surface area contributed by atoms with Crippen LogP contribution in [-0.4, -0.2) is 28.9 Å². The molecule has 0 radical (unpaired) electrons. The summed E-state index contributed by atoms with van der Waals surface area (Å²) in [6, 6.07) is 5.49. The van der Waals surface area contributed by atoms with E-state index in [2.05, 4.69) is 22.0 Å². The molecule has 0 aliphatic carbocycles. The van der Waals surface area contributed by atoms with Crippen molar-refractivity contribution in [3.63, 3.8) is 0 Å². The maximum atomic E-state index is 15.0. The maximum Gasteiger partial charge on any atom is 0.334 e. The fraction of sp³-hybridized carbons (Fsp3) is 0.250. The Kier molecular flexibility index (Phi) is 4.65. The van der Waals surface area contributed by atoms with Gasteiger partial charge in [0.2, 0.25) is 0 Å². The van der Waals surface area contributed by atoms with Crippen molar-refractivity contribution in [1.29, 1.82) is 0 Å². The van der Waals surface area contributed by atoms with E-state index in [9.17, 15) is 4.79 Å². The quantitative estimate of drug-likeness (QED) is 0.433. The second kappa shape index (κ2) is 7.40. The molecule has 162 valence electrons. The van der Waals surface area contributed by atoms with Gasteiger partial charge >= 0.3 is 5.69 Å². The first kappa shape index (κ1) is 20.1. The second-order valence-electron chi connectivity index (χ2n) is 7.95. The first-order valence-electron chi connectivity index (χ1n) is 10.6. The van der Waals surface area contributed by atoms with Crippen LogP contribution in [0.4, 0.5) is 4.39 Å². The molecule has 5 rings (SSSR count). The fourth-order valence-electron chi connectivity index (χ4n) is 4.23. The van der Waals surface area contributed by atoms with Crippen LogP contribution >= 0.6 is 0 Å². The third-order valence-electron chi connectivity index (χ3n) is 6.00. The molecule has 32 heavy (non-hydrogen) atoms. The Labute approximate surface area is 183 Å². The summed E-state index contributed by atoms with van der Waals surface area (Å²) >= 11 is 0. The van der Waals surface area contributed by atoms with E-state index in [1.807, 2.05) is 38.5 Å². The smallest absolute Gasteiger partial charge is 0.293 e. The van der Waals surface area contributed by atoms with E-state index >= 15 is 4.39 Å². The van der Waals surface area contributed by atoms with Gasteiger partial charge in [-0.25, -0.2) is 18.7 Å². The Hall–Kier alpha value is -3.81. The molecule has 0 amide bonds. The van der Waals surface area contributed by atoms with Gasteiger partial charge in [0, 0.05) is 37.4 Å². The standard InChI is InChI=1S/C24H23FN6O/c1-5-14-7-19(25)23(27-10-14)31-22-18-9-17(16-11-28-29(3)13-16)15(6-2)8-20(18)26-12-21(22)30(4)24(31)32/h7-13H,5-6H2,1-4H3. The number of rotatable bonds is 4. The molecular formula is C24H23FN6O. The highest BCUT2D eigenvalue weighted by Gasteiger charge is 2.21. The van der Waals surface area contributed by atoms with Gasteiger partial charge in [0.25, 0.3) is 0 Å². The number of aryl methyl sites for hydroxylation is 4. The van der Waals surface area contributed by atoms with Crippen LogP contribution in [0.15, 0.2) is 47.8 Å². The van der Waals surface area contributed by atoms with E-state index < -0.39 is 5.82 Å². The SMILES string of the molecule is CCc1cnc(-n2c(=O)n(C)c3cnc4cc(CC)c(-c5cnn(C)c5)cc4c32)c(F)c1. The summed E-state index contributed by atoms with van der Waals surface area (Å²) in [6.45, 7) is 4.03. The Morgan fingerprint density at radius 3 is 2.47 bits per heavy atom. The van der Waals surface area contributed by atoms with E-state index in [-0.39, 0.29) is 11.5 Å². The predicted octanol–water partition coefficient (Wildman–Crippen LogP) is 3.94. The first-order chi connectivity index (χ1) is 15.4. The number of fused-ring (bicyclic) bond motifs is 3. The van der Waals surface area contributed by atoms with Crippen molar-refractivity contribution in [2.75, 3.05) is 0 Å². The minimum atomic E-state index is -0.526. The van der Waals surface area contributed by atoms with Gasteiger partial charge in [0.05, 0.1) is 28.9 Å². The van der Waals surface area contributed by atoms with E-state index in [0.29, 0.717) is 17.5 Å². The zero-order chi connectivity index (χ0) is 22.6. The molecule has 4 aromatic heterocycles. The van der Waals surface area contributed by atoms with Crippen molar-refractivity contribution in [3.05, 3.63) is 70.4 Å². The average molecular weight is 430 g/mol. The minimum absolute atomic E-state index is 0.00667. The number of nitrogens with zero attached hydrogens (tertiary/aromatic N) is 6. The number of halogens is 1. The van der Waals surface area contributed by atoms with Gasteiger partial charge in [-0.1, -0.05) is 13.8 Å². The Balaban J connectivity index is 1.91. The van der Waals surface area contributed by atoms with E-state index in [0.717, 1.165) is 39.6 Å². The molecule has 0 fully saturated rings. The Morgan fingerprint density at radius 1 is 1.00 bits per heavy atom. The van der Waals surface area contributed by atoms with Crippen LogP contribution in [0, 0.1) is 5.82 Å². The molecule has 0 saturated carbocycles. The molecule has 0 N–H and O–H groups in total. The number of imidazole rings is 1. The topological polar surface area (TPSA) is 70.5 Å². The normalized spacial score (nSPS) is 11.7. The molecule has 5 aromatic rings. The second-order valence-corrected chi connectivity index (χ2v) is 7.95. The molecule has 0 aliphatic rings. The van der Waals surface area contributed by atoms with Crippen molar-refractivity contribution in [2.24, 2.45) is 14.1 Å². The largest absolute Gasteiger partial charge is 0.334 e. The van der Waals surface area contributed by atoms with Crippen molar-refractivity contribution in [3.8, 4) is 16.9 Å². The zero-order valence-electron chi connectivity index (χ0n) is 18.4. The predicted molar refractivity (Wildman–Crippen MR) is 123 cm³/mol. The van der Waals surface area contributed by atoms with Crippen LogP contribution in [0.2, 0.25) is 0 Å². The molecule has 1 aromatic carbocycles. The van der Waals surface area contributed by atoms with E-state index in [1.165, 1.54) is 15.2 Å². The van der Waals surface area contributed by atoms with Crippen LogP contribution in [0.1, 0.15) is 25.0 Å². The lowest BCUT2D eigenvalue weighted by Crippen LogP contribution is -2.22. The summed E-state index contributed by atoms with van der Waals surface area (Å²) in [6.07, 6.45) is 8.53. The molecule has 0 bridgehead atoms. The Morgan fingerprint density at radius 2 is 1.81 bits per heavy atom. The molecular weight excluding hydrogens is 407 g/mol. The molecule has 0 unspecified atom stereocenters. The number of aromatic nitrogens is 6. The van der Waals surface area contributed by atoms with Crippen LogP contribution < -0.4 is 5.69 Å². The average Bonchev–Trinajstić information content (AvgIpc) is 3.34. The number of benzene rings is 1. The highest BCUT2D eigenvalue weighted by Crippen LogP contribution is 2.32. The van der Waals surface area contributed by atoms with Crippen molar-refractivity contribution < 1.29 is 4.39 Å². The van der Waals surface area contributed by atoms with Gasteiger partial charge in [0.15, 0.2) is 11.6 Å². The van der Waals surface area contributed by atoms with Crippen molar-refractivity contribution in [2.45, 2.75) is 26.7 Å². The molecule has 8 heteroatoms. The molecule has 4 heterocycles. The third kappa shape index (κ3) is 2.94. The third-order valence-corrected chi connectivity index (χ3v) is 6.00. The van der Waals surface area contributed by atoms with Crippen molar-refractivity contribution in [1.82, 2.24) is 28.9 Å². The van der Waals surface area contributed by atoms with Gasteiger partial charge in [-0.05, 0) is 47.7 Å². The Bertz CT molecular complexity index is 1560. The van der Waals surface area contributed by atoms with Crippen LogP contribution in [-0.2, 0) is 26.9 Å². The van der Waals surface area contributed by atoms with Crippen LogP contribution in [0.5, 0.6) is 0 Å². The van der Waals surface area contributed by atoms with Gasteiger partial charge < -0.3 is 0 Å². The summed E-state index contributed by atoms with van der Waals surface area (Å²) in [7, 11) is 3.54.